The second-order valence-electron chi connectivity index (χ2n) is 5.93. The topological polar surface area (TPSA) is 59.4 Å². The number of aliphatic carboxylic acids is 1. The Morgan fingerprint density at radius 3 is 2.73 bits per heavy atom. The Balaban J connectivity index is 2.02. The first-order chi connectivity index (χ1) is 12.5. The zero-order chi connectivity index (χ0) is 18.7. The number of ether oxygens (including phenoxy) is 1. The van der Waals surface area contributed by atoms with Gasteiger partial charge >= 0.3 is 5.97 Å². The SMILES string of the molecule is COc1ccc(-c2cccc(C(CC(=O)O)c3ncc(C)s3)c2)c(F)c1. The average Bonchev–Trinajstić information content (AvgIpc) is 3.05. The molecule has 134 valence electrons. The third-order valence-corrected chi connectivity index (χ3v) is 5.12. The van der Waals surface area contributed by atoms with Crippen LogP contribution in [0.15, 0.2) is 48.7 Å². The molecule has 0 radical (unpaired) electrons. The van der Waals surface area contributed by atoms with Gasteiger partial charge in [0.1, 0.15) is 16.6 Å². The monoisotopic (exact) mass is 371 g/mol. The minimum atomic E-state index is -0.899. The molecule has 1 atom stereocenters. The lowest BCUT2D eigenvalue weighted by Crippen LogP contribution is -2.08. The molecular weight excluding hydrogens is 353 g/mol. The van der Waals surface area contributed by atoms with Crippen LogP contribution in [0, 0.1) is 12.7 Å². The smallest absolute Gasteiger partial charge is 0.304 e. The fraction of sp³-hybridized carbons (Fsp3) is 0.200. The van der Waals surface area contributed by atoms with Gasteiger partial charge in [-0.3, -0.25) is 4.79 Å². The molecule has 0 aliphatic rings. The van der Waals surface area contributed by atoms with Crippen molar-refractivity contribution >= 4 is 17.3 Å². The van der Waals surface area contributed by atoms with Crippen LogP contribution in [-0.2, 0) is 4.79 Å². The summed E-state index contributed by atoms with van der Waals surface area (Å²) in [5.41, 5.74) is 1.93. The molecule has 1 heterocycles. The van der Waals surface area contributed by atoms with Crippen molar-refractivity contribution in [3.05, 3.63) is 69.9 Å². The van der Waals surface area contributed by atoms with Crippen LogP contribution in [-0.4, -0.2) is 23.2 Å². The molecule has 0 amide bonds. The predicted molar refractivity (Wildman–Crippen MR) is 99.3 cm³/mol. The van der Waals surface area contributed by atoms with Crippen molar-refractivity contribution in [2.75, 3.05) is 7.11 Å². The molecular formula is C20H18FNO3S. The molecule has 6 heteroatoms. The van der Waals surface area contributed by atoms with Crippen molar-refractivity contribution in [1.82, 2.24) is 4.98 Å². The van der Waals surface area contributed by atoms with Crippen LogP contribution in [0.2, 0.25) is 0 Å². The van der Waals surface area contributed by atoms with Crippen LogP contribution in [0.3, 0.4) is 0 Å². The van der Waals surface area contributed by atoms with Crippen molar-refractivity contribution in [2.45, 2.75) is 19.3 Å². The zero-order valence-electron chi connectivity index (χ0n) is 14.4. The first-order valence-corrected chi connectivity index (χ1v) is 8.87. The maximum Gasteiger partial charge on any atom is 0.304 e. The number of aromatic nitrogens is 1. The van der Waals surface area contributed by atoms with Gasteiger partial charge in [-0.25, -0.2) is 9.37 Å². The molecule has 1 aromatic heterocycles. The molecule has 0 fully saturated rings. The number of benzene rings is 2. The van der Waals surface area contributed by atoms with Gasteiger partial charge in [-0.05, 0) is 30.2 Å². The number of hydrogen-bond donors (Lipinski definition) is 1. The average molecular weight is 371 g/mol. The van der Waals surface area contributed by atoms with E-state index in [1.54, 1.807) is 24.4 Å². The fourth-order valence-corrected chi connectivity index (χ4v) is 3.74. The van der Waals surface area contributed by atoms with Crippen molar-refractivity contribution in [2.24, 2.45) is 0 Å². The summed E-state index contributed by atoms with van der Waals surface area (Å²) in [4.78, 5) is 16.7. The summed E-state index contributed by atoms with van der Waals surface area (Å²) >= 11 is 1.48. The van der Waals surface area contributed by atoms with Gasteiger partial charge in [-0.15, -0.1) is 11.3 Å². The van der Waals surface area contributed by atoms with E-state index in [4.69, 9.17) is 4.74 Å². The van der Waals surface area contributed by atoms with E-state index < -0.39 is 5.97 Å². The summed E-state index contributed by atoms with van der Waals surface area (Å²) in [6, 6.07) is 12.0. The second-order valence-corrected chi connectivity index (χ2v) is 7.20. The minimum Gasteiger partial charge on any atom is -0.497 e. The highest BCUT2D eigenvalue weighted by atomic mass is 32.1. The van der Waals surface area contributed by atoms with Crippen molar-refractivity contribution in [3.63, 3.8) is 0 Å². The molecule has 3 aromatic rings. The molecule has 0 aliphatic carbocycles. The predicted octanol–water partition coefficient (Wildman–Crippen LogP) is 4.87. The number of thiazole rings is 1. The fourth-order valence-electron chi connectivity index (χ4n) is 2.84. The molecule has 2 aromatic carbocycles. The Bertz CT molecular complexity index is 938. The second kappa shape index (κ2) is 7.66. The van der Waals surface area contributed by atoms with Crippen LogP contribution in [0.1, 0.15) is 27.8 Å². The van der Waals surface area contributed by atoms with Crippen LogP contribution in [0.5, 0.6) is 5.75 Å². The van der Waals surface area contributed by atoms with Gasteiger partial charge < -0.3 is 9.84 Å². The molecule has 0 saturated heterocycles. The number of methoxy groups -OCH3 is 1. The Labute approximate surface area is 154 Å². The molecule has 4 nitrogen and oxygen atoms in total. The summed E-state index contributed by atoms with van der Waals surface area (Å²) in [5.74, 6) is -1.21. The first-order valence-electron chi connectivity index (χ1n) is 8.06. The highest BCUT2D eigenvalue weighted by Crippen LogP contribution is 2.34. The Morgan fingerprint density at radius 2 is 2.12 bits per heavy atom. The summed E-state index contributed by atoms with van der Waals surface area (Å²) < 4.78 is 19.4. The Kier molecular flexibility index (Phi) is 5.32. The number of aryl methyl sites for hydroxylation is 1. The molecule has 3 rings (SSSR count). The molecule has 1 unspecified atom stereocenters. The largest absolute Gasteiger partial charge is 0.497 e. The van der Waals surface area contributed by atoms with Crippen LogP contribution < -0.4 is 4.74 Å². The number of hydrogen-bond acceptors (Lipinski definition) is 4. The summed E-state index contributed by atoms with van der Waals surface area (Å²) in [6.07, 6.45) is 1.67. The lowest BCUT2D eigenvalue weighted by Gasteiger charge is -2.14. The minimum absolute atomic E-state index is 0.0680. The highest BCUT2D eigenvalue weighted by molar-refractivity contribution is 7.11. The van der Waals surface area contributed by atoms with Gasteiger partial charge in [0, 0.05) is 28.6 Å². The van der Waals surface area contributed by atoms with E-state index in [2.05, 4.69) is 4.98 Å². The number of carboxylic acids is 1. The van der Waals surface area contributed by atoms with Gasteiger partial charge in [-0.2, -0.15) is 0 Å². The van der Waals surface area contributed by atoms with Gasteiger partial charge in [0.25, 0.3) is 0 Å². The zero-order valence-corrected chi connectivity index (χ0v) is 15.2. The number of nitrogens with zero attached hydrogens (tertiary/aromatic N) is 1. The lowest BCUT2D eigenvalue weighted by molar-refractivity contribution is -0.137. The van der Waals surface area contributed by atoms with E-state index in [1.807, 2.05) is 25.1 Å². The van der Waals surface area contributed by atoms with Crippen LogP contribution in [0.4, 0.5) is 4.39 Å². The Hall–Kier alpha value is -2.73. The summed E-state index contributed by atoms with van der Waals surface area (Å²) in [6.45, 7) is 1.93. The van der Waals surface area contributed by atoms with Crippen molar-refractivity contribution < 1.29 is 19.0 Å². The van der Waals surface area contributed by atoms with E-state index in [0.29, 0.717) is 16.9 Å². The number of carbonyl (C=O) groups is 1. The van der Waals surface area contributed by atoms with Crippen molar-refractivity contribution in [1.29, 1.82) is 0 Å². The summed E-state index contributed by atoms with van der Waals surface area (Å²) in [5, 5.41) is 10.1. The molecule has 0 saturated carbocycles. The Morgan fingerprint density at radius 1 is 1.31 bits per heavy atom. The maximum atomic E-state index is 14.4. The van der Waals surface area contributed by atoms with Crippen LogP contribution >= 0.6 is 11.3 Å². The first kappa shape index (κ1) is 18.1. The number of rotatable bonds is 6. The van der Waals surface area contributed by atoms with Gasteiger partial charge in [0.15, 0.2) is 0 Å². The number of carboxylic acid groups (broad SMARTS) is 1. The lowest BCUT2D eigenvalue weighted by atomic mass is 9.93. The third kappa shape index (κ3) is 3.91. The van der Waals surface area contributed by atoms with E-state index in [1.165, 1.54) is 24.5 Å². The maximum absolute atomic E-state index is 14.4. The molecule has 0 bridgehead atoms. The number of halogens is 1. The van der Waals surface area contributed by atoms with Crippen LogP contribution in [0.25, 0.3) is 11.1 Å². The molecule has 26 heavy (non-hydrogen) atoms. The summed E-state index contributed by atoms with van der Waals surface area (Å²) in [7, 11) is 1.49. The van der Waals surface area contributed by atoms with E-state index >= 15 is 0 Å². The van der Waals surface area contributed by atoms with Crippen molar-refractivity contribution in [3.8, 4) is 16.9 Å². The van der Waals surface area contributed by atoms with Gasteiger partial charge in [0.05, 0.1) is 13.5 Å². The normalized spacial score (nSPS) is 12.0. The van der Waals surface area contributed by atoms with E-state index in [0.717, 1.165) is 15.4 Å². The molecule has 0 aliphatic heterocycles. The molecule has 0 spiro atoms. The van der Waals surface area contributed by atoms with Gasteiger partial charge in [0.2, 0.25) is 0 Å². The quantitative estimate of drug-likeness (QED) is 0.671. The third-order valence-electron chi connectivity index (χ3n) is 4.09. The highest BCUT2D eigenvalue weighted by Gasteiger charge is 2.21. The molecule has 1 N–H and O–H groups in total. The standard InChI is InChI=1S/C20H18FNO3S/c1-12-11-22-20(26-12)17(10-19(23)24)14-5-3-4-13(8-14)16-7-6-15(25-2)9-18(16)21/h3-9,11,17H,10H2,1-2H3,(H,23,24). The van der Waals surface area contributed by atoms with Gasteiger partial charge in [-0.1, -0.05) is 24.3 Å². The van der Waals surface area contributed by atoms with E-state index in [9.17, 15) is 14.3 Å². The van der Waals surface area contributed by atoms with E-state index in [-0.39, 0.29) is 18.2 Å².